The Labute approximate surface area is 159 Å². The highest BCUT2D eigenvalue weighted by molar-refractivity contribution is 5.92. The summed E-state index contributed by atoms with van der Waals surface area (Å²) in [5, 5.41) is 0. The van der Waals surface area contributed by atoms with Gasteiger partial charge in [0.25, 0.3) is 5.82 Å². The first-order chi connectivity index (χ1) is 13.2. The molecule has 4 heteroatoms. The van der Waals surface area contributed by atoms with Crippen molar-refractivity contribution >= 4 is 17.2 Å². The van der Waals surface area contributed by atoms with Gasteiger partial charge in [-0.05, 0) is 47.0 Å². The fourth-order valence-electron chi connectivity index (χ4n) is 3.38. The predicted molar refractivity (Wildman–Crippen MR) is 107 cm³/mol. The van der Waals surface area contributed by atoms with Crippen LogP contribution in [-0.2, 0) is 13.6 Å². The first-order valence-electron chi connectivity index (χ1n) is 8.94. The maximum absolute atomic E-state index is 5.30. The largest absolute Gasteiger partial charge is 0.497 e. The van der Waals surface area contributed by atoms with Crippen molar-refractivity contribution < 1.29 is 14.0 Å². The fraction of sp³-hybridized carbons (Fsp3) is 0.174. The van der Waals surface area contributed by atoms with Crippen molar-refractivity contribution in [3.8, 4) is 11.5 Å². The van der Waals surface area contributed by atoms with Crippen molar-refractivity contribution in [3.63, 3.8) is 0 Å². The fourth-order valence-corrected chi connectivity index (χ4v) is 3.38. The first-order valence-corrected chi connectivity index (χ1v) is 8.94. The van der Waals surface area contributed by atoms with Crippen molar-refractivity contribution in [2.75, 3.05) is 14.2 Å². The maximum atomic E-state index is 5.30. The second kappa shape index (κ2) is 7.16. The van der Waals surface area contributed by atoms with Crippen molar-refractivity contribution in [1.82, 2.24) is 4.57 Å². The summed E-state index contributed by atoms with van der Waals surface area (Å²) in [6, 6.07) is 16.5. The number of aromatic nitrogens is 2. The SMILES string of the molecule is COc1ccc(C2=Cc3n(cc[n+]3C)CC(c3ccc(OC)cc3)=C2)cc1. The molecule has 0 bridgehead atoms. The van der Waals surface area contributed by atoms with E-state index in [0.29, 0.717) is 0 Å². The third-order valence-corrected chi connectivity index (χ3v) is 4.97. The van der Waals surface area contributed by atoms with E-state index in [-0.39, 0.29) is 0 Å². The lowest BCUT2D eigenvalue weighted by molar-refractivity contribution is -0.672. The summed E-state index contributed by atoms with van der Waals surface area (Å²) in [6.07, 6.45) is 8.73. The zero-order valence-corrected chi connectivity index (χ0v) is 15.8. The van der Waals surface area contributed by atoms with Crippen LogP contribution >= 0.6 is 0 Å². The van der Waals surface area contributed by atoms with E-state index >= 15 is 0 Å². The summed E-state index contributed by atoms with van der Waals surface area (Å²) < 4.78 is 15.0. The molecular weight excluding hydrogens is 336 g/mol. The van der Waals surface area contributed by atoms with E-state index in [1.807, 2.05) is 24.3 Å². The highest BCUT2D eigenvalue weighted by atomic mass is 16.5. The van der Waals surface area contributed by atoms with E-state index in [1.165, 1.54) is 22.5 Å². The Morgan fingerprint density at radius 2 is 1.41 bits per heavy atom. The number of hydrogen-bond donors (Lipinski definition) is 0. The van der Waals surface area contributed by atoms with Gasteiger partial charge in [-0.1, -0.05) is 24.3 Å². The molecule has 4 nitrogen and oxygen atoms in total. The van der Waals surface area contributed by atoms with Gasteiger partial charge in [-0.15, -0.1) is 0 Å². The van der Waals surface area contributed by atoms with Crippen LogP contribution in [0.15, 0.2) is 67.0 Å². The predicted octanol–water partition coefficient (Wildman–Crippen LogP) is 3.97. The molecule has 4 rings (SSSR count). The quantitative estimate of drug-likeness (QED) is 0.659. The van der Waals surface area contributed by atoms with Gasteiger partial charge >= 0.3 is 0 Å². The lowest BCUT2D eigenvalue weighted by Crippen LogP contribution is -2.29. The molecule has 27 heavy (non-hydrogen) atoms. The van der Waals surface area contributed by atoms with Crippen LogP contribution in [-0.4, -0.2) is 18.8 Å². The molecule has 1 aliphatic heterocycles. The average molecular weight is 359 g/mol. The molecule has 2 heterocycles. The van der Waals surface area contributed by atoms with Gasteiger partial charge in [0.1, 0.15) is 30.4 Å². The lowest BCUT2D eigenvalue weighted by atomic mass is 9.99. The van der Waals surface area contributed by atoms with Crippen LogP contribution in [0.4, 0.5) is 0 Å². The molecule has 0 N–H and O–H groups in total. The lowest BCUT2D eigenvalue weighted by Gasteiger charge is -2.08. The molecule has 0 saturated heterocycles. The molecule has 0 aliphatic carbocycles. The Hall–Kier alpha value is -3.27. The Morgan fingerprint density at radius 1 is 0.815 bits per heavy atom. The minimum Gasteiger partial charge on any atom is -0.497 e. The van der Waals surface area contributed by atoms with E-state index in [4.69, 9.17) is 9.47 Å². The molecule has 0 fully saturated rings. The van der Waals surface area contributed by atoms with Gasteiger partial charge < -0.3 is 9.47 Å². The monoisotopic (exact) mass is 359 g/mol. The molecule has 0 radical (unpaired) electrons. The second-order valence-corrected chi connectivity index (χ2v) is 6.62. The summed E-state index contributed by atoms with van der Waals surface area (Å²) in [6.45, 7) is 0.818. The van der Waals surface area contributed by atoms with Gasteiger partial charge in [0.2, 0.25) is 0 Å². The zero-order chi connectivity index (χ0) is 18.8. The molecule has 0 spiro atoms. The molecule has 0 saturated carbocycles. The molecule has 1 aliphatic rings. The first kappa shape index (κ1) is 17.2. The summed E-state index contributed by atoms with van der Waals surface area (Å²) in [7, 11) is 5.46. The number of benzene rings is 2. The smallest absolute Gasteiger partial charge is 0.282 e. The van der Waals surface area contributed by atoms with E-state index in [0.717, 1.165) is 23.6 Å². The van der Waals surface area contributed by atoms with Gasteiger partial charge in [-0.2, -0.15) is 0 Å². The highest BCUT2D eigenvalue weighted by Crippen LogP contribution is 2.30. The number of methoxy groups -OCH3 is 2. The van der Waals surface area contributed by atoms with Crippen LogP contribution in [0.25, 0.3) is 17.2 Å². The molecule has 0 atom stereocenters. The van der Waals surface area contributed by atoms with E-state index in [1.54, 1.807) is 14.2 Å². The number of rotatable bonds is 4. The number of nitrogens with zero attached hydrogens (tertiary/aromatic N) is 2. The molecule has 3 aromatic rings. The number of imidazole rings is 1. The van der Waals surface area contributed by atoms with Gasteiger partial charge in [0.05, 0.1) is 21.3 Å². The molecule has 0 amide bonds. The maximum Gasteiger partial charge on any atom is 0.282 e. The second-order valence-electron chi connectivity index (χ2n) is 6.62. The topological polar surface area (TPSA) is 27.3 Å². The van der Waals surface area contributed by atoms with Crippen molar-refractivity contribution in [2.24, 2.45) is 7.05 Å². The van der Waals surface area contributed by atoms with Gasteiger partial charge in [0, 0.05) is 11.6 Å². The Balaban J connectivity index is 1.81. The van der Waals surface area contributed by atoms with Crippen LogP contribution in [0.2, 0.25) is 0 Å². The Bertz CT molecular complexity index is 1010. The third-order valence-electron chi connectivity index (χ3n) is 4.97. The van der Waals surface area contributed by atoms with E-state index in [2.05, 4.69) is 65.0 Å². The van der Waals surface area contributed by atoms with Crippen LogP contribution in [0.5, 0.6) is 11.5 Å². The van der Waals surface area contributed by atoms with Crippen molar-refractivity contribution in [2.45, 2.75) is 6.54 Å². The number of fused-ring (bicyclic) bond motifs is 1. The summed E-state index contributed by atoms with van der Waals surface area (Å²) in [5.74, 6) is 2.90. The van der Waals surface area contributed by atoms with Crippen LogP contribution in [0.3, 0.4) is 0 Å². The number of aryl methyl sites for hydroxylation is 1. The summed E-state index contributed by atoms with van der Waals surface area (Å²) in [4.78, 5) is 0. The van der Waals surface area contributed by atoms with Crippen LogP contribution in [0.1, 0.15) is 17.0 Å². The average Bonchev–Trinajstić information content (AvgIpc) is 2.94. The summed E-state index contributed by atoms with van der Waals surface area (Å²) >= 11 is 0. The van der Waals surface area contributed by atoms with E-state index < -0.39 is 0 Å². The van der Waals surface area contributed by atoms with Crippen LogP contribution < -0.4 is 14.0 Å². The Morgan fingerprint density at radius 3 is 2.00 bits per heavy atom. The standard InChI is InChI=1S/C23H23N2O2/c1-24-12-13-25-16-20(18-6-10-22(27-3)11-7-18)14-19(15-23(24)25)17-4-8-21(26-2)9-5-17/h4-15H,16H2,1-3H3/q+1. The van der Waals surface area contributed by atoms with Crippen molar-refractivity contribution in [3.05, 3.63) is 84.0 Å². The number of allylic oxidation sites excluding steroid dienone is 3. The summed E-state index contributed by atoms with van der Waals surface area (Å²) in [5.41, 5.74) is 4.79. The van der Waals surface area contributed by atoms with Gasteiger partial charge in [0.15, 0.2) is 0 Å². The molecular formula is C23H23N2O2+. The minimum atomic E-state index is 0.818. The van der Waals surface area contributed by atoms with Gasteiger partial charge in [-0.3, -0.25) is 0 Å². The normalized spacial score (nSPS) is 13.3. The Kier molecular flexibility index (Phi) is 4.55. The third kappa shape index (κ3) is 3.38. The van der Waals surface area contributed by atoms with E-state index in [9.17, 15) is 0 Å². The minimum absolute atomic E-state index is 0.818. The van der Waals surface area contributed by atoms with Crippen molar-refractivity contribution in [1.29, 1.82) is 0 Å². The van der Waals surface area contributed by atoms with Crippen LogP contribution in [0, 0.1) is 0 Å². The van der Waals surface area contributed by atoms with Gasteiger partial charge in [-0.25, -0.2) is 9.13 Å². The number of hydrogen-bond acceptors (Lipinski definition) is 2. The molecule has 0 unspecified atom stereocenters. The molecule has 136 valence electrons. The molecule has 1 aromatic heterocycles. The zero-order valence-electron chi connectivity index (χ0n) is 15.8. The number of ether oxygens (including phenoxy) is 2. The molecule has 2 aromatic carbocycles. The highest BCUT2D eigenvalue weighted by Gasteiger charge is 2.20.